The highest BCUT2D eigenvalue weighted by Crippen LogP contribution is 2.32. The molecule has 2 aromatic rings. The Hall–Kier alpha value is -2.77. The Bertz CT molecular complexity index is 810. The number of H-pyrrole nitrogens is 1. The first-order valence-corrected chi connectivity index (χ1v) is 7.55. The fourth-order valence-electron chi connectivity index (χ4n) is 2.96. The predicted molar refractivity (Wildman–Crippen MR) is 79.6 cm³/mol. The summed E-state index contributed by atoms with van der Waals surface area (Å²) in [5, 5.41) is 9.49. The van der Waals surface area contributed by atoms with E-state index in [2.05, 4.69) is 15.5 Å². The predicted octanol–water partition coefficient (Wildman–Crippen LogP) is 0.435. The van der Waals surface area contributed by atoms with Crippen LogP contribution in [-0.4, -0.2) is 33.5 Å². The molecule has 8 heteroatoms. The van der Waals surface area contributed by atoms with Crippen molar-refractivity contribution in [2.45, 2.75) is 31.8 Å². The number of nitrogens with zero attached hydrogens (tertiary/aromatic N) is 2. The zero-order chi connectivity index (χ0) is 15.8. The molecule has 1 unspecified atom stereocenters. The number of carbonyl (C=O) groups is 1. The average molecular weight is 316 g/mol. The van der Waals surface area contributed by atoms with E-state index in [1.807, 2.05) is 0 Å². The van der Waals surface area contributed by atoms with Gasteiger partial charge < -0.3 is 14.8 Å². The molecule has 1 amide bonds. The number of aryl methyl sites for hydroxylation is 1. The molecule has 0 aliphatic carbocycles. The second kappa shape index (κ2) is 5.45. The Morgan fingerprint density at radius 2 is 2.17 bits per heavy atom. The summed E-state index contributed by atoms with van der Waals surface area (Å²) >= 11 is 0. The zero-order valence-electron chi connectivity index (χ0n) is 12.4. The molecule has 4 rings (SSSR count). The third-order valence-corrected chi connectivity index (χ3v) is 4.22. The molecule has 2 aliphatic heterocycles. The van der Waals surface area contributed by atoms with Crippen LogP contribution in [0.3, 0.4) is 0 Å². The number of hydrogen-bond acceptors (Lipinski definition) is 5. The number of aromatic amines is 1. The molecular weight excluding hydrogens is 300 g/mol. The Morgan fingerprint density at radius 1 is 1.30 bits per heavy atom. The second-order valence-electron chi connectivity index (χ2n) is 5.66. The molecule has 1 aromatic carbocycles. The fraction of sp³-hybridized carbons (Fsp3) is 0.400. The lowest BCUT2D eigenvalue weighted by atomic mass is 10.1. The Labute approximate surface area is 131 Å². The van der Waals surface area contributed by atoms with Gasteiger partial charge in [0.15, 0.2) is 11.5 Å². The van der Waals surface area contributed by atoms with Gasteiger partial charge in [0.1, 0.15) is 5.82 Å². The van der Waals surface area contributed by atoms with E-state index < -0.39 is 0 Å². The molecule has 0 spiro atoms. The van der Waals surface area contributed by atoms with Crippen LogP contribution < -0.4 is 20.5 Å². The van der Waals surface area contributed by atoms with Crippen molar-refractivity contribution in [1.29, 1.82) is 0 Å². The molecule has 0 radical (unpaired) electrons. The van der Waals surface area contributed by atoms with E-state index in [1.165, 1.54) is 0 Å². The Balaban J connectivity index is 1.44. The zero-order valence-corrected chi connectivity index (χ0v) is 12.4. The number of nitrogens with one attached hydrogen (secondary N) is 2. The number of carbonyl (C=O) groups excluding carboxylic acids is 1. The summed E-state index contributed by atoms with van der Waals surface area (Å²) in [6.45, 7) is 0.736. The van der Waals surface area contributed by atoms with Crippen molar-refractivity contribution >= 4 is 5.91 Å². The van der Waals surface area contributed by atoms with Gasteiger partial charge in [0.25, 0.3) is 5.91 Å². The number of fused-ring (bicyclic) bond motifs is 2. The smallest absolute Gasteiger partial charge is 0.343 e. The molecule has 1 aromatic heterocycles. The second-order valence-corrected chi connectivity index (χ2v) is 5.66. The standard InChI is InChI=1S/C15H16N4O4/c20-14(9-1-3-11-12(7-9)23-8-22-11)16-10-2-4-13-17-18-15(21)19(13)6-5-10/h1,3,7,10H,2,4-6,8H2,(H,16,20)(H,18,21). The van der Waals surface area contributed by atoms with Crippen LogP contribution in [-0.2, 0) is 13.0 Å². The number of benzene rings is 1. The van der Waals surface area contributed by atoms with Gasteiger partial charge in [-0.15, -0.1) is 0 Å². The minimum absolute atomic E-state index is 0.00835. The maximum Gasteiger partial charge on any atom is 0.343 e. The van der Waals surface area contributed by atoms with Gasteiger partial charge in [0, 0.05) is 24.6 Å². The number of rotatable bonds is 2. The Morgan fingerprint density at radius 3 is 3.09 bits per heavy atom. The van der Waals surface area contributed by atoms with Crippen LogP contribution in [0, 0.1) is 0 Å². The molecule has 120 valence electrons. The SMILES string of the molecule is O=C(NC1CCc2n[nH]c(=O)n2CC1)c1ccc2c(c1)OCO2. The summed E-state index contributed by atoms with van der Waals surface area (Å²) in [5.74, 6) is 1.84. The van der Waals surface area contributed by atoms with Crippen LogP contribution in [0.25, 0.3) is 0 Å². The molecule has 2 aliphatic rings. The van der Waals surface area contributed by atoms with Crippen molar-refractivity contribution in [2.24, 2.45) is 0 Å². The first-order chi connectivity index (χ1) is 11.2. The largest absolute Gasteiger partial charge is 0.454 e. The summed E-state index contributed by atoms with van der Waals surface area (Å²) in [7, 11) is 0. The quantitative estimate of drug-likeness (QED) is 0.837. The Kier molecular flexibility index (Phi) is 3.29. The summed E-state index contributed by atoms with van der Waals surface area (Å²) < 4.78 is 12.2. The van der Waals surface area contributed by atoms with Crippen LogP contribution in [0.4, 0.5) is 0 Å². The molecule has 1 atom stereocenters. The van der Waals surface area contributed by atoms with Gasteiger partial charge in [-0.1, -0.05) is 0 Å². The molecule has 0 saturated carbocycles. The molecule has 3 heterocycles. The van der Waals surface area contributed by atoms with Gasteiger partial charge in [-0.3, -0.25) is 9.36 Å². The summed E-state index contributed by atoms with van der Waals surface area (Å²) in [5.41, 5.74) is 0.344. The van der Waals surface area contributed by atoms with Gasteiger partial charge in [0.05, 0.1) is 0 Å². The van der Waals surface area contributed by atoms with E-state index in [0.29, 0.717) is 36.4 Å². The number of amides is 1. The van der Waals surface area contributed by atoms with Crippen molar-refractivity contribution in [3.63, 3.8) is 0 Å². The lowest BCUT2D eigenvalue weighted by Gasteiger charge is -2.16. The van der Waals surface area contributed by atoms with E-state index in [4.69, 9.17) is 9.47 Å². The van der Waals surface area contributed by atoms with Gasteiger partial charge in [-0.2, -0.15) is 5.10 Å². The van der Waals surface area contributed by atoms with E-state index in [9.17, 15) is 9.59 Å². The summed E-state index contributed by atoms with van der Waals surface area (Å²) in [4.78, 5) is 24.0. The lowest BCUT2D eigenvalue weighted by molar-refractivity contribution is 0.0932. The van der Waals surface area contributed by atoms with Crippen molar-refractivity contribution in [3.05, 3.63) is 40.1 Å². The van der Waals surface area contributed by atoms with Crippen molar-refractivity contribution < 1.29 is 14.3 Å². The van der Waals surface area contributed by atoms with E-state index in [0.717, 1.165) is 12.2 Å². The third-order valence-electron chi connectivity index (χ3n) is 4.22. The maximum atomic E-state index is 12.4. The van der Waals surface area contributed by atoms with Crippen LogP contribution >= 0.6 is 0 Å². The normalized spacial score (nSPS) is 19.0. The topological polar surface area (TPSA) is 98.2 Å². The first-order valence-electron chi connectivity index (χ1n) is 7.55. The molecule has 23 heavy (non-hydrogen) atoms. The highest BCUT2D eigenvalue weighted by atomic mass is 16.7. The monoisotopic (exact) mass is 316 g/mol. The minimum atomic E-state index is -0.192. The van der Waals surface area contributed by atoms with E-state index in [1.54, 1.807) is 22.8 Å². The maximum absolute atomic E-state index is 12.4. The minimum Gasteiger partial charge on any atom is -0.454 e. The van der Waals surface area contributed by atoms with Gasteiger partial charge >= 0.3 is 5.69 Å². The highest BCUT2D eigenvalue weighted by molar-refractivity contribution is 5.95. The van der Waals surface area contributed by atoms with Gasteiger partial charge in [0.2, 0.25) is 6.79 Å². The first kappa shape index (κ1) is 13.9. The van der Waals surface area contributed by atoms with Crippen molar-refractivity contribution in [2.75, 3.05) is 6.79 Å². The van der Waals surface area contributed by atoms with Crippen molar-refractivity contribution in [1.82, 2.24) is 20.1 Å². The van der Waals surface area contributed by atoms with Crippen LogP contribution in [0.2, 0.25) is 0 Å². The lowest BCUT2D eigenvalue weighted by Crippen LogP contribution is -2.35. The summed E-state index contributed by atoms with van der Waals surface area (Å²) in [6, 6.07) is 5.15. The number of ether oxygens (including phenoxy) is 2. The number of aromatic nitrogens is 3. The summed E-state index contributed by atoms with van der Waals surface area (Å²) in [6.07, 6.45) is 2.11. The van der Waals surface area contributed by atoms with Gasteiger partial charge in [-0.25, -0.2) is 9.89 Å². The molecule has 2 N–H and O–H groups in total. The molecule has 0 bridgehead atoms. The molecular formula is C15H16N4O4. The molecule has 8 nitrogen and oxygen atoms in total. The number of hydrogen-bond donors (Lipinski definition) is 2. The van der Waals surface area contributed by atoms with Gasteiger partial charge in [-0.05, 0) is 31.0 Å². The fourth-order valence-corrected chi connectivity index (χ4v) is 2.96. The molecule has 0 saturated heterocycles. The highest BCUT2D eigenvalue weighted by Gasteiger charge is 2.22. The van der Waals surface area contributed by atoms with E-state index in [-0.39, 0.29) is 24.4 Å². The van der Waals surface area contributed by atoms with Crippen LogP contribution in [0.15, 0.2) is 23.0 Å². The third kappa shape index (κ3) is 2.56. The average Bonchev–Trinajstić information content (AvgIpc) is 3.10. The van der Waals surface area contributed by atoms with Crippen LogP contribution in [0.5, 0.6) is 11.5 Å². The van der Waals surface area contributed by atoms with Crippen LogP contribution in [0.1, 0.15) is 29.0 Å². The molecule has 0 fully saturated rings. The van der Waals surface area contributed by atoms with Crippen molar-refractivity contribution in [3.8, 4) is 11.5 Å². The van der Waals surface area contributed by atoms with E-state index >= 15 is 0 Å².